The van der Waals surface area contributed by atoms with Gasteiger partial charge < -0.3 is 13.7 Å². The highest BCUT2D eigenvalue weighted by atomic mass is 28.3. The third kappa shape index (κ3) is 7.49. The summed E-state index contributed by atoms with van der Waals surface area (Å²) in [6.07, 6.45) is 0. The van der Waals surface area contributed by atoms with Gasteiger partial charge in [0.2, 0.25) is 0 Å². The van der Waals surface area contributed by atoms with Crippen molar-refractivity contribution in [2.45, 2.75) is 0 Å². The Kier molecular flexibility index (Phi) is 11.3. The number of rotatable bonds is 9. The van der Waals surface area contributed by atoms with Crippen LogP contribution in [0.1, 0.15) is 0 Å². The number of aromatic nitrogens is 3. The first-order valence-corrected chi connectivity index (χ1v) is 32.5. The van der Waals surface area contributed by atoms with Crippen molar-refractivity contribution in [2.24, 2.45) is 0 Å². The number of hydrogen-bond acceptors (Lipinski definition) is 0. The van der Waals surface area contributed by atoms with Crippen LogP contribution in [0.4, 0.5) is 0 Å². The molecule has 0 N–H and O–H groups in total. The second-order valence-corrected chi connectivity index (χ2v) is 27.3. The number of fused-ring (bicyclic) bond motifs is 16. The Labute approximate surface area is 510 Å². The van der Waals surface area contributed by atoms with E-state index in [9.17, 15) is 0 Å². The number of para-hydroxylation sites is 3. The van der Waals surface area contributed by atoms with Crippen molar-refractivity contribution < 1.29 is 0 Å². The van der Waals surface area contributed by atoms with Gasteiger partial charge in [-0.3, -0.25) is 0 Å². The summed E-state index contributed by atoms with van der Waals surface area (Å²) in [5, 5.41) is 20.3. The third-order valence-corrected chi connectivity index (χ3v) is 23.6. The summed E-state index contributed by atoms with van der Waals surface area (Å²) in [4.78, 5) is 0. The van der Waals surface area contributed by atoms with E-state index < -0.39 is 8.07 Å². The van der Waals surface area contributed by atoms with Crippen LogP contribution in [0.3, 0.4) is 0 Å². The van der Waals surface area contributed by atoms with Crippen LogP contribution in [0, 0.1) is 0 Å². The Morgan fingerprint density at radius 3 is 1.12 bits per heavy atom. The fraction of sp³-hybridized carbons (Fsp3) is 0. The SMILES string of the molecule is c1ccc(-c2cc(-c3ccccc3)cc([Si](c3ccccc3)(c3ccccc3)c3cccc(-n4c5cc(-n6c7ccccc7c7cc(-n8c9ccccc9c9ccccc98)ccc76)ccc5c5c6c7ccccc7c7ccccc7c6ccc54)c3)c2)cc1. The van der Waals surface area contributed by atoms with Gasteiger partial charge >= 0.3 is 0 Å². The fourth-order valence-electron chi connectivity index (χ4n) is 15.2. The second kappa shape index (κ2) is 19.9. The molecular weight excluding hydrogens is 1080 g/mol. The summed E-state index contributed by atoms with van der Waals surface area (Å²) in [6.45, 7) is 0. The van der Waals surface area contributed by atoms with Crippen LogP contribution in [-0.2, 0) is 0 Å². The predicted octanol–water partition coefficient (Wildman–Crippen LogP) is 19.1. The lowest BCUT2D eigenvalue weighted by molar-refractivity contribution is 1.15. The summed E-state index contributed by atoms with van der Waals surface area (Å²) < 4.78 is 7.51. The average molecular weight is 1130 g/mol. The van der Waals surface area contributed by atoms with Crippen LogP contribution < -0.4 is 20.7 Å². The smallest absolute Gasteiger partial charge is 0.179 e. The van der Waals surface area contributed by atoms with Gasteiger partial charge in [0.05, 0.1) is 33.1 Å². The third-order valence-electron chi connectivity index (χ3n) is 18.9. The van der Waals surface area contributed by atoms with Gasteiger partial charge in [0.1, 0.15) is 0 Å². The molecule has 0 saturated heterocycles. The summed E-state index contributed by atoms with van der Waals surface area (Å²) >= 11 is 0. The predicted molar refractivity (Wildman–Crippen MR) is 376 cm³/mol. The monoisotopic (exact) mass is 1130 g/mol. The van der Waals surface area contributed by atoms with Crippen LogP contribution in [0.5, 0.6) is 0 Å². The maximum atomic E-state index is 2.58. The molecule has 88 heavy (non-hydrogen) atoms. The van der Waals surface area contributed by atoms with Gasteiger partial charge in [0, 0.05) is 54.8 Å². The largest absolute Gasteiger partial charge is 0.309 e. The van der Waals surface area contributed by atoms with Crippen molar-refractivity contribution in [3.63, 3.8) is 0 Å². The fourth-order valence-corrected chi connectivity index (χ4v) is 20.0. The Bertz CT molecular complexity index is 5610. The molecule has 0 radical (unpaired) electrons. The van der Waals surface area contributed by atoms with Gasteiger partial charge in [-0.05, 0) is 143 Å². The van der Waals surface area contributed by atoms with Gasteiger partial charge in [0.25, 0.3) is 0 Å². The van der Waals surface area contributed by atoms with E-state index in [1.165, 1.54) is 124 Å². The molecule has 3 nitrogen and oxygen atoms in total. The lowest BCUT2D eigenvalue weighted by Crippen LogP contribution is -2.74. The highest BCUT2D eigenvalue weighted by Crippen LogP contribution is 2.45. The van der Waals surface area contributed by atoms with E-state index >= 15 is 0 Å². The Balaban J connectivity index is 0.931. The molecule has 3 aromatic heterocycles. The zero-order valence-electron chi connectivity index (χ0n) is 48.1. The molecule has 0 aliphatic carbocycles. The molecule has 0 bridgehead atoms. The first-order chi connectivity index (χ1) is 43.7. The van der Waals surface area contributed by atoms with Crippen molar-refractivity contribution in [3.8, 4) is 39.3 Å². The minimum absolute atomic E-state index is 1.10. The molecule has 4 heteroatoms. The zero-order valence-corrected chi connectivity index (χ0v) is 49.1. The molecule has 18 aromatic rings. The molecule has 0 saturated carbocycles. The molecule has 0 aliphatic rings. The maximum absolute atomic E-state index is 3.21. The highest BCUT2D eigenvalue weighted by Gasteiger charge is 2.42. The van der Waals surface area contributed by atoms with Crippen molar-refractivity contribution in [1.29, 1.82) is 0 Å². The highest BCUT2D eigenvalue weighted by molar-refractivity contribution is 7.20. The summed E-state index contributed by atoms with van der Waals surface area (Å²) in [5.41, 5.74) is 15.2. The van der Waals surface area contributed by atoms with E-state index in [1.54, 1.807) is 0 Å². The molecular formula is C84H55N3Si. The Morgan fingerprint density at radius 2 is 0.557 bits per heavy atom. The lowest BCUT2D eigenvalue weighted by atomic mass is 9.92. The molecule has 0 unspecified atom stereocenters. The first-order valence-electron chi connectivity index (χ1n) is 30.5. The topological polar surface area (TPSA) is 14.8 Å². The molecule has 0 fully saturated rings. The van der Waals surface area contributed by atoms with Gasteiger partial charge in [-0.15, -0.1) is 0 Å². The maximum Gasteiger partial charge on any atom is 0.179 e. The second-order valence-electron chi connectivity index (χ2n) is 23.5. The van der Waals surface area contributed by atoms with Crippen molar-refractivity contribution in [3.05, 3.63) is 334 Å². The van der Waals surface area contributed by atoms with Crippen LogP contribution in [0.2, 0.25) is 0 Å². The number of hydrogen-bond donors (Lipinski definition) is 0. The summed E-state index contributed by atoms with van der Waals surface area (Å²) in [7, 11) is -3.21. The van der Waals surface area contributed by atoms with Crippen LogP contribution >= 0.6 is 0 Å². The van der Waals surface area contributed by atoms with E-state index in [-0.39, 0.29) is 0 Å². The van der Waals surface area contributed by atoms with Crippen LogP contribution in [-0.4, -0.2) is 21.8 Å². The van der Waals surface area contributed by atoms with Crippen molar-refractivity contribution >= 4 is 127 Å². The van der Waals surface area contributed by atoms with E-state index in [0.29, 0.717) is 0 Å². The van der Waals surface area contributed by atoms with Crippen LogP contribution in [0.25, 0.3) is 137 Å². The standard InChI is InChI=1S/C84H55N3Si/c1-5-24-56(25-6-1)58-50-59(57-26-7-2-8-27-57)52-66(51-58)88(63-29-9-3-10-30-63,64-31-11-4-12-32-64)65-33-23-28-60(53-65)87-81-49-47-74-69-36-14-13-34-67(69)68-35-15-16-40-73(68)83(74)84(81)75-46-44-62(55-82(75)87)86-79-43-22-19-39-72(79)76-54-61(45-48-80(76)86)85-77-41-20-17-37-70(77)71-38-18-21-42-78(71)85/h1-55H. The molecule has 18 rings (SSSR count). The summed E-state index contributed by atoms with van der Waals surface area (Å²) in [6, 6.07) is 125. The van der Waals surface area contributed by atoms with Gasteiger partial charge in [0.15, 0.2) is 8.07 Å². The van der Waals surface area contributed by atoms with Gasteiger partial charge in [-0.2, -0.15) is 0 Å². The molecule has 0 spiro atoms. The van der Waals surface area contributed by atoms with E-state index in [0.717, 1.165) is 33.6 Å². The molecule has 0 aliphatic heterocycles. The molecule has 410 valence electrons. The molecule has 0 amide bonds. The average Bonchev–Trinajstić information content (AvgIpc) is 1.46. The van der Waals surface area contributed by atoms with Crippen molar-refractivity contribution in [1.82, 2.24) is 13.7 Å². The minimum atomic E-state index is -3.21. The van der Waals surface area contributed by atoms with E-state index in [1.807, 2.05) is 0 Å². The van der Waals surface area contributed by atoms with E-state index in [2.05, 4.69) is 347 Å². The van der Waals surface area contributed by atoms with E-state index in [4.69, 9.17) is 0 Å². The zero-order chi connectivity index (χ0) is 57.9. The minimum Gasteiger partial charge on any atom is -0.309 e. The Morgan fingerprint density at radius 1 is 0.170 bits per heavy atom. The van der Waals surface area contributed by atoms with Gasteiger partial charge in [-0.25, -0.2) is 0 Å². The van der Waals surface area contributed by atoms with Crippen LogP contribution in [0.15, 0.2) is 334 Å². The number of nitrogens with zero attached hydrogens (tertiary/aromatic N) is 3. The van der Waals surface area contributed by atoms with Crippen molar-refractivity contribution in [2.75, 3.05) is 0 Å². The molecule has 15 aromatic carbocycles. The number of benzene rings is 15. The molecule has 0 atom stereocenters. The normalized spacial score (nSPS) is 12.1. The summed E-state index contributed by atoms with van der Waals surface area (Å²) in [5.74, 6) is 0. The Hall–Kier alpha value is -11.3. The quantitative estimate of drug-likeness (QED) is 0.0777. The lowest BCUT2D eigenvalue weighted by Gasteiger charge is -2.35. The van der Waals surface area contributed by atoms with Gasteiger partial charge in [-0.1, -0.05) is 261 Å². The molecule has 3 heterocycles. The first kappa shape index (κ1) is 50.1.